The predicted molar refractivity (Wildman–Crippen MR) is 143 cm³/mol. The summed E-state index contributed by atoms with van der Waals surface area (Å²) in [5.74, 6) is -0.335. The zero-order valence-electron chi connectivity index (χ0n) is 20.4. The summed E-state index contributed by atoms with van der Waals surface area (Å²) in [6.45, 7) is 0.129. The van der Waals surface area contributed by atoms with Crippen molar-refractivity contribution in [1.82, 2.24) is 9.88 Å². The number of methoxy groups -OCH3 is 1. The number of Topliss-reactive ketones (excluding diaryl/α,β-unsaturated/α-hetero) is 1. The second-order valence-electron chi connectivity index (χ2n) is 8.62. The molecule has 4 aromatic rings. The van der Waals surface area contributed by atoms with Crippen LogP contribution in [-0.2, 0) is 16.1 Å². The summed E-state index contributed by atoms with van der Waals surface area (Å²) in [6, 6.07) is 23.7. The van der Waals surface area contributed by atoms with Gasteiger partial charge >= 0.3 is 0 Å². The van der Waals surface area contributed by atoms with Crippen LogP contribution in [0.1, 0.15) is 22.7 Å². The van der Waals surface area contributed by atoms with Gasteiger partial charge in [-0.1, -0.05) is 41.9 Å². The fourth-order valence-corrected chi connectivity index (χ4v) is 4.61. The molecule has 1 atom stereocenters. The summed E-state index contributed by atoms with van der Waals surface area (Å²) in [6.07, 6.45) is 3.23. The van der Waals surface area contributed by atoms with Crippen molar-refractivity contribution in [3.8, 4) is 17.2 Å². The Morgan fingerprint density at radius 2 is 1.66 bits per heavy atom. The second-order valence-corrected chi connectivity index (χ2v) is 9.02. The Balaban J connectivity index is 1.64. The van der Waals surface area contributed by atoms with Gasteiger partial charge in [-0.25, -0.2) is 0 Å². The maximum Gasteiger partial charge on any atom is 0.295 e. The van der Waals surface area contributed by atoms with E-state index >= 15 is 0 Å². The molecule has 1 unspecified atom stereocenters. The molecule has 1 N–H and O–H groups in total. The average Bonchev–Trinajstić information content (AvgIpc) is 3.19. The molecule has 1 amide bonds. The van der Waals surface area contributed by atoms with Crippen molar-refractivity contribution < 1.29 is 24.2 Å². The summed E-state index contributed by atoms with van der Waals surface area (Å²) < 4.78 is 11.3. The molecule has 1 saturated heterocycles. The van der Waals surface area contributed by atoms with Crippen LogP contribution in [0.3, 0.4) is 0 Å². The van der Waals surface area contributed by atoms with Crippen molar-refractivity contribution in [2.75, 3.05) is 7.11 Å². The molecule has 1 aliphatic rings. The first-order valence-electron chi connectivity index (χ1n) is 11.8. The lowest BCUT2D eigenvalue weighted by Gasteiger charge is -2.26. The number of likely N-dealkylation sites (tertiary alicyclic amines) is 1. The molecule has 5 rings (SSSR count). The number of halogens is 1. The molecule has 1 aliphatic heterocycles. The molecular weight excluding hydrogens is 504 g/mol. The number of ketones is 1. The van der Waals surface area contributed by atoms with E-state index in [0.29, 0.717) is 22.8 Å². The van der Waals surface area contributed by atoms with E-state index in [-0.39, 0.29) is 28.5 Å². The van der Waals surface area contributed by atoms with E-state index in [1.165, 1.54) is 18.1 Å². The van der Waals surface area contributed by atoms with Gasteiger partial charge in [-0.2, -0.15) is 0 Å². The number of rotatable bonds is 7. The van der Waals surface area contributed by atoms with Crippen LogP contribution < -0.4 is 9.47 Å². The fraction of sp³-hybridized carbons (Fsp3) is 0.100. The lowest BCUT2D eigenvalue weighted by molar-refractivity contribution is -0.140. The minimum absolute atomic E-state index is 0.0731. The Kier molecular flexibility index (Phi) is 7.11. The second kappa shape index (κ2) is 10.8. The highest BCUT2D eigenvalue weighted by Gasteiger charge is 2.46. The fourth-order valence-electron chi connectivity index (χ4n) is 4.41. The van der Waals surface area contributed by atoms with Gasteiger partial charge in [-0.3, -0.25) is 14.6 Å². The van der Waals surface area contributed by atoms with Gasteiger partial charge in [-0.15, -0.1) is 0 Å². The van der Waals surface area contributed by atoms with E-state index < -0.39 is 17.7 Å². The van der Waals surface area contributed by atoms with Crippen LogP contribution in [0, 0.1) is 0 Å². The molecule has 8 heteroatoms. The number of benzene rings is 3. The van der Waals surface area contributed by atoms with Crippen molar-refractivity contribution in [2.45, 2.75) is 12.6 Å². The normalized spacial score (nSPS) is 16.5. The third-order valence-corrected chi connectivity index (χ3v) is 6.55. The van der Waals surface area contributed by atoms with Gasteiger partial charge in [0.2, 0.25) is 0 Å². The highest BCUT2D eigenvalue weighted by molar-refractivity contribution is 6.47. The Bertz CT molecular complexity index is 1520. The van der Waals surface area contributed by atoms with E-state index in [9.17, 15) is 14.7 Å². The van der Waals surface area contributed by atoms with E-state index in [1.54, 1.807) is 60.9 Å². The number of hydrogen-bond donors (Lipinski definition) is 1. The number of carbonyl (C=O) groups is 2. The lowest BCUT2D eigenvalue weighted by Crippen LogP contribution is -2.29. The Labute approximate surface area is 224 Å². The van der Waals surface area contributed by atoms with Crippen molar-refractivity contribution >= 4 is 29.1 Å². The highest BCUT2D eigenvalue weighted by Crippen LogP contribution is 2.42. The molecule has 3 aromatic carbocycles. The maximum atomic E-state index is 13.4. The molecule has 0 aliphatic carbocycles. The molecule has 0 spiro atoms. The highest BCUT2D eigenvalue weighted by atomic mass is 35.5. The summed E-state index contributed by atoms with van der Waals surface area (Å²) in [5.41, 5.74) is 1.49. The topological polar surface area (TPSA) is 89.0 Å². The monoisotopic (exact) mass is 526 g/mol. The SMILES string of the molecule is COc1ccc(Cl)c(/C(O)=C2\C(=O)C(=O)N(Cc3ccncc3)C2c2cccc(Oc3ccccc3)c2)c1. The van der Waals surface area contributed by atoms with Crippen LogP contribution in [0.4, 0.5) is 0 Å². The molecule has 0 saturated carbocycles. The Morgan fingerprint density at radius 3 is 2.39 bits per heavy atom. The third-order valence-electron chi connectivity index (χ3n) is 6.22. The van der Waals surface area contributed by atoms with Crippen molar-refractivity contribution in [1.29, 1.82) is 0 Å². The number of aliphatic hydroxyl groups excluding tert-OH is 1. The lowest BCUT2D eigenvalue weighted by atomic mass is 9.95. The first kappa shape index (κ1) is 25.0. The largest absolute Gasteiger partial charge is 0.507 e. The van der Waals surface area contributed by atoms with Crippen LogP contribution in [0.25, 0.3) is 5.76 Å². The third kappa shape index (κ3) is 4.96. The van der Waals surface area contributed by atoms with E-state index in [4.69, 9.17) is 21.1 Å². The zero-order chi connectivity index (χ0) is 26.6. The van der Waals surface area contributed by atoms with Crippen molar-refractivity contribution in [3.05, 3.63) is 125 Å². The quantitative estimate of drug-likeness (QED) is 0.176. The van der Waals surface area contributed by atoms with Gasteiger partial charge < -0.3 is 19.5 Å². The van der Waals surface area contributed by atoms with Gasteiger partial charge in [0.05, 0.1) is 23.7 Å². The number of carbonyl (C=O) groups excluding carboxylic acids is 2. The number of pyridine rings is 1. The van der Waals surface area contributed by atoms with Crippen LogP contribution >= 0.6 is 11.6 Å². The number of para-hydroxylation sites is 1. The number of ether oxygens (including phenoxy) is 2. The molecule has 0 radical (unpaired) electrons. The number of amides is 1. The van der Waals surface area contributed by atoms with E-state index in [2.05, 4.69) is 4.98 Å². The van der Waals surface area contributed by atoms with Crippen LogP contribution in [0.5, 0.6) is 17.2 Å². The summed E-state index contributed by atoms with van der Waals surface area (Å²) in [7, 11) is 1.49. The van der Waals surface area contributed by atoms with Gasteiger partial charge in [-0.05, 0) is 65.7 Å². The number of nitrogens with zero attached hydrogens (tertiary/aromatic N) is 2. The first-order valence-corrected chi connectivity index (χ1v) is 12.2. The molecule has 2 heterocycles. The van der Waals surface area contributed by atoms with Gasteiger partial charge in [0.15, 0.2) is 0 Å². The number of aromatic nitrogens is 1. The predicted octanol–water partition coefficient (Wildman–Crippen LogP) is 6.16. The summed E-state index contributed by atoms with van der Waals surface area (Å²) in [4.78, 5) is 32.2. The van der Waals surface area contributed by atoms with Crippen LogP contribution in [-0.4, -0.2) is 33.8 Å². The molecular formula is C30H23ClN2O5. The van der Waals surface area contributed by atoms with E-state index in [1.807, 2.05) is 30.3 Å². The molecule has 38 heavy (non-hydrogen) atoms. The standard InChI is InChI=1S/C30H23ClN2O5/c1-37-22-10-11-25(31)24(17-22)28(34)26-27(33(30(36)29(26)35)18-19-12-14-32-15-13-19)20-6-5-9-23(16-20)38-21-7-3-2-4-8-21/h2-17,27,34H,18H2,1H3/b28-26+. The van der Waals surface area contributed by atoms with Gasteiger partial charge in [0.1, 0.15) is 23.0 Å². The first-order chi connectivity index (χ1) is 18.5. The summed E-state index contributed by atoms with van der Waals surface area (Å²) >= 11 is 6.40. The Morgan fingerprint density at radius 1 is 0.921 bits per heavy atom. The molecule has 190 valence electrons. The average molecular weight is 527 g/mol. The van der Waals surface area contributed by atoms with Crippen LogP contribution in [0.15, 0.2) is 103 Å². The molecule has 0 bridgehead atoms. The number of hydrogen-bond acceptors (Lipinski definition) is 6. The van der Waals surface area contributed by atoms with E-state index in [0.717, 1.165) is 5.56 Å². The van der Waals surface area contributed by atoms with Crippen molar-refractivity contribution in [3.63, 3.8) is 0 Å². The smallest absolute Gasteiger partial charge is 0.295 e. The minimum atomic E-state index is -0.898. The van der Waals surface area contributed by atoms with Gasteiger partial charge in [0.25, 0.3) is 11.7 Å². The number of aliphatic hydroxyl groups is 1. The molecule has 7 nitrogen and oxygen atoms in total. The molecule has 1 aromatic heterocycles. The minimum Gasteiger partial charge on any atom is -0.507 e. The van der Waals surface area contributed by atoms with Gasteiger partial charge in [0, 0.05) is 24.5 Å². The summed E-state index contributed by atoms with van der Waals surface area (Å²) in [5, 5.41) is 11.6. The van der Waals surface area contributed by atoms with Crippen molar-refractivity contribution in [2.24, 2.45) is 0 Å². The maximum absolute atomic E-state index is 13.4. The Hall–Kier alpha value is -4.62. The van der Waals surface area contributed by atoms with Crippen LogP contribution in [0.2, 0.25) is 5.02 Å². The molecule has 1 fully saturated rings. The zero-order valence-corrected chi connectivity index (χ0v) is 21.1.